The first-order valence-electron chi connectivity index (χ1n) is 36.4. The molecule has 0 heterocycles. The number of hydrogen-bond donors (Lipinski definition) is 0. The van der Waals surface area contributed by atoms with Gasteiger partial charge in [0, 0.05) is 19.3 Å². The first-order chi connectivity index (χ1) is 41.0. The van der Waals surface area contributed by atoms with Crippen LogP contribution in [0.4, 0.5) is 0 Å². The van der Waals surface area contributed by atoms with Gasteiger partial charge in [-0.15, -0.1) is 0 Å². The molecule has 0 rings (SSSR count). The van der Waals surface area contributed by atoms with Crippen LogP contribution < -0.4 is 0 Å². The molecule has 0 aromatic rings. The number of esters is 3. The van der Waals surface area contributed by atoms with Gasteiger partial charge in [-0.2, -0.15) is 0 Å². The summed E-state index contributed by atoms with van der Waals surface area (Å²) in [4.78, 5) is 38.5. The molecule has 6 heteroatoms. The molecule has 0 aliphatic heterocycles. The van der Waals surface area contributed by atoms with Crippen molar-refractivity contribution in [3.05, 3.63) is 72.9 Å². The summed E-state index contributed by atoms with van der Waals surface area (Å²) >= 11 is 0. The predicted molar refractivity (Wildman–Crippen MR) is 362 cm³/mol. The minimum absolute atomic E-state index is 0.0773. The normalized spacial score (nSPS) is 12.5. The van der Waals surface area contributed by atoms with E-state index in [4.69, 9.17) is 14.2 Å². The maximum atomic E-state index is 13.0. The highest BCUT2D eigenvalue weighted by Crippen LogP contribution is 2.17. The topological polar surface area (TPSA) is 78.9 Å². The minimum atomic E-state index is -0.783. The van der Waals surface area contributed by atoms with Gasteiger partial charge in [0.2, 0.25) is 0 Å². The van der Waals surface area contributed by atoms with E-state index < -0.39 is 6.10 Å². The minimum Gasteiger partial charge on any atom is -0.462 e. The van der Waals surface area contributed by atoms with Gasteiger partial charge < -0.3 is 14.2 Å². The fourth-order valence-electron chi connectivity index (χ4n) is 10.7. The zero-order chi connectivity index (χ0) is 59.9. The summed E-state index contributed by atoms with van der Waals surface area (Å²) < 4.78 is 17.0. The molecule has 0 saturated heterocycles. The van der Waals surface area contributed by atoms with E-state index >= 15 is 0 Å². The van der Waals surface area contributed by atoms with Crippen LogP contribution in [0, 0.1) is 0 Å². The second kappa shape index (κ2) is 71.3. The summed E-state index contributed by atoms with van der Waals surface area (Å²) in [5, 5.41) is 0. The lowest BCUT2D eigenvalue weighted by atomic mass is 10.0. The molecular formula is C77H138O6. The molecule has 6 nitrogen and oxygen atoms in total. The Bertz CT molecular complexity index is 1520. The molecule has 0 N–H and O–H groups in total. The smallest absolute Gasteiger partial charge is 0.306 e. The van der Waals surface area contributed by atoms with Gasteiger partial charge in [-0.3, -0.25) is 14.4 Å². The van der Waals surface area contributed by atoms with Crippen molar-refractivity contribution in [3.63, 3.8) is 0 Å². The number of hydrogen-bond acceptors (Lipinski definition) is 6. The van der Waals surface area contributed by atoms with E-state index in [9.17, 15) is 14.4 Å². The van der Waals surface area contributed by atoms with Crippen LogP contribution in [0.5, 0.6) is 0 Å². The largest absolute Gasteiger partial charge is 0.462 e. The van der Waals surface area contributed by atoms with E-state index in [-0.39, 0.29) is 31.1 Å². The van der Waals surface area contributed by atoms with Gasteiger partial charge in [0.25, 0.3) is 0 Å². The molecule has 0 aromatic heterocycles. The number of carbonyl (C=O) groups excluding carboxylic acids is 3. The van der Waals surface area contributed by atoms with Crippen LogP contribution in [0.3, 0.4) is 0 Å². The SMILES string of the molecule is CCCCCCC/C=C\C/C=C\CCCCCCCCCCCCCC(=O)OCC(COC(=O)CCCCCCCCCCC/C=C\C/C=C\CCCCCCC)OC(=O)CCCCCCCCCCC/C=C\C/C=C\CCCCCCC. The quantitative estimate of drug-likeness (QED) is 0.0261. The van der Waals surface area contributed by atoms with Crippen molar-refractivity contribution >= 4 is 17.9 Å². The highest BCUT2D eigenvalue weighted by atomic mass is 16.6. The summed E-state index contributed by atoms with van der Waals surface area (Å²) in [6, 6.07) is 0. The third kappa shape index (κ3) is 69.5. The first-order valence-corrected chi connectivity index (χ1v) is 36.4. The number of allylic oxidation sites excluding steroid dienone is 12. The lowest BCUT2D eigenvalue weighted by molar-refractivity contribution is -0.167. The van der Waals surface area contributed by atoms with Crippen molar-refractivity contribution in [2.45, 2.75) is 386 Å². The Kier molecular flexibility index (Phi) is 68.6. The molecule has 0 aromatic carbocycles. The molecule has 0 aliphatic rings. The van der Waals surface area contributed by atoms with E-state index in [0.29, 0.717) is 19.3 Å². The molecule has 0 spiro atoms. The van der Waals surface area contributed by atoms with Gasteiger partial charge in [-0.05, 0) is 116 Å². The highest BCUT2D eigenvalue weighted by Gasteiger charge is 2.19. The molecule has 0 fully saturated rings. The van der Waals surface area contributed by atoms with E-state index in [0.717, 1.165) is 77.0 Å². The zero-order valence-electron chi connectivity index (χ0n) is 55.5. The summed E-state index contributed by atoms with van der Waals surface area (Å²) in [5.41, 5.74) is 0. The Hall–Kier alpha value is -3.15. The lowest BCUT2D eigenvalue weighted by Gasteiger charge is -2.18. The third-order valence-corrected chi connectivity index (χ3v) is 16.2. The van der Waals surface area contributed by atoms with Gasteiger partial charge in [0.1, 0.15) is 13.2 Å². The maximum absolute atomic E-state index is 13.0. The van der Waals surface area contributed by atoms with Crippen LogP contribution >= 0.6 is 0 Å². The Balaban J connectivity index is 4.37. The van der Waals surface area contributed by atoms with Gasteiger partial charge in [-0.25, -0.2) is 0 Å². The van der Waals surface area contributed by atoms with Crippen molar-refractivity contribution in [2.75, 3.05) is 13.2 Å². The van der Waals surface area contributed by atoms with Gasteiger partial charge in [0.15, 0.2) is 6.10 Å². The van der Waals surface area contributed by atoms with Crippen molar-refractivity contribution in [1.82, 2.24) is 0 Å². The Labute approximate surface area is 516 Å². The molecule has 0 saturated carbocycles. The van der Waals surface area contributed by atoms with E-state index in [1.54, 1.807) is 0 Å². The summed E-state index contributed by atoms with van der Waals surface area (Å²) in [6.07, 6.45) is 93.5. The van der Waals surface area contributed by atoms with Gasteiger partial charge >= 0.3 is 17.9 Å². The van der Waals surface area contributed by atoms with E-state index in [2.05, 4.69) is 93.7 Å². The molecule has 482 valence electrons. The fourth-order valence-corrected chi connectivity index (χ4v) is 10.7. The molecule has 0 aliphatic carbocycles. The number of rotatable bonds is 67. The second-order valence-corrected chi connectivity index (χ2v) is 24.5. The Morgan fingerprint density at radius 3 is 0.663 bits per heavy atom. The van der Waals surface area contributed by atoms with Crippen molar-refractivity contribution < 1.29 is 28.6 Å². The van der Waals surface area contributed by atoms with Crippen molar-refractivity contribution in [3.8, 4) is 0 Å². The van der Waals surface area contributed by atoms with Crippen molar-refractivity contribution in [1.29, 1.82) is 0 Å². The highest BCUT2D eigenvalue weighted by molar-refractivity contribution is 5.71. The number of carbonyl (C=O) groups is 3. The van der Waals surface area contributed by atoms with Crippen LogP contribution in [0.25, 0.3) is 0 Å². The average molecular weight is 1160 g/mol. The van der Waals surface area contributed by atoms with Gasteiger partial charge in [0.05, 0.1) is 0 Å². The molecule has 0 radical (unpaired) electrons. The van der Waals surface area contributed by atoms with Crippen LogP contribution in [0.2, 0.25) is 0 Å². The van der Waals surface area contributed by atoms with E-state index in [1.807, 2.05) is 0 Å². The zero-order valence-corrected chi connectivity index (χ0v) is 55.5. The van der Waals surface area contributed by atoms with Crippen LogP contribution in [0.1, 0.15) is 380 Å². The number of unbranched alkanes of at least 4 members (excludes halogenated alkanes) is 44. The molecule has 1 atom stereocenters. The van der Waals surface area contributed by atoms with Gasteiger partial charge in [-0.1, -0.05) is 318 Å². The Morgan fingerprint density at radius 2 is 0.434 bits per heavy atom. The monoisotopic (exact) mass is 1160 g/mol. The van der Waals surface area contributed by atoms with E-state index in [1.165, 1.54) is 263 Å². The van der Waals surface area contributed by atoms with Crippen LogP contribution in [0.15, 0.2) is 72.9 Å². The predicted octanol–water partition coefficient (Wildman–Crippen LogP) is 25.2. The molecule has 1 unspecified atom stereocenters. The third-order valence-electron chi connectivity index (χ3n) is 16.2. The molecule has 0 bridgehead atoms. The second-order valence-electron chi connectivity index (χ2n) is 24.5. The molecule has 83 heavy (non-hydrogen) atoms. The number of ether oxygens (including phenoxy) is 3. The summed E-state index contributed by atoms with van der Waals surface area (Å²) in [7, 11) is 0. The summed E-state index contributed by atoms with van der Waals surface area (Å²) in [6.45, 7) is 6.66. The maximum Gasteiger partial charge on any atom is 0.306 e. The first kappa shape index (κ1) is 79.8. The average Bonchev–Trinajstić information content (AvgIpc) is 3.49. The molecular weight excluding hydrogens is 1020 g/mol. The summed E-state index contributed by atoms with van der Waals surface area (Å²) in [5.74, 6) is -0.865. The Morgan fingerprint density at radius 1 is 0.241 bits per heavy atom. The lowest BCUT2D eigenvalue weighted by Crippen LogP contribution is -2.30. The fraction of sp³-hybridized carbons (Fsp3) is 0.805. The van der Waals surface area contributed by atoms with Crippen LogP contribution in [-0.4, -0.2) is 37.2 Å². The standard InChI is InChI=1S/C77H138O6/c1-4-7-10-13-16-19-22-25-28-31-34-37-38-41-43-46-49-52-55-58-61-64-67-70-76(79)82-73-74(83-77(80)71-68-65-62-59-56-53-50-47-44-40-36-33-30-27-24-21-18-15-12-9-6-3)72-81-75(78)69-66-63-60-57-54-51-48-45-42-39-35-32-29-26-23-20-17-14-11-8-5-2/h22-27,31-36,74H,4-21,28-30,37-73H2,1-3H3/b25-22-,26-23-,27-24-,34-31-,35-32-,36-33-. The van der Waals surface area contributed by atoms with Crippen molar-refractivity contribution in [2.24, 2.45) is 0 Å². The van der Waals surface area contributed by atoms with Crippen LogP contribution in [-0.2, 0) is 28.6 Å². The molecule has 0 amide bonds.